The second kappa shape index (κ2) is 5.12. The fourth-order valence-corrected chi connectivity index (χ4v) is 1.57. The second-order valence-corrected chi connectivity index (χ2v) is 3.67. The quantitative estimate of drug-likeness (QED) is 0.676. The van der Waals surface area contributed by atoms with Gasteiger partial charge < -0.3 is 4.74 Å². The molecule has 80 valence electrons. The summed E-state index contributed by atoms with van der Waals surface area (Å²) in [6, 6.07) is 0.309. The highest BCUT2D eigenvalue weighted by atomic mass is 16.5. The summed E-state index contributed by atoms with van der Waals surface area (Å²) in [5.41, 5.74) is 3.36. The van der Waals surface area contributed by atoms with Crippen molar-refractivity contribution < 1.29 is 9.53 Å². The van der Waals surface area contributed by atoms with Crippen LogP contribution in [-0.2, 0) is 9.53 Å². The molecule has 0 aliphatic carbocycles. The van der Waals surface area contributed by atoms with Gasteiger partial charge in [0.1, 0.15) is 0 Å². The maximum atomic E-state index is 11.4. The lowest BCUT2D eigenvalue weighted by atomic mass is 10.2. The number of carbonyl (C=O) groups excluding carboxylic acids is 1. The van der Waals surface area contributed by atoms with E-state index in [2.05, 4.69) is 12.0 Å². The van der Waals surface area contributed by atoms with E-state index >= 15 is 0 Å². The number of methoxy groups -OCH3 is 1. The van der Waals surface area contributed by atoms with E-state index in [1.165, 1.54) is 0 Å². The molecular formula is C10H18N2O2. The zero-order valence-electron chi connectivity index (χ0n) is 8.88. The fourth-order valence-electron chi connectivity index (χ4n) is 1.57. The van der Waals surface area contributed by atoms with Crippen molar-refractivity contribution in [3.63, 3.8) is 0 Å². The van der Waals surface area contributed by atoms with E-state index in [-0.39, 0.29) is 5.91 Å². The van der Waals surface area contributed by atoms with E-state index in [4.69, 9.17) is 4.74 Å². The lowest BCUT2D eigenvalue weighted by Crippen LogP contribution is -2.46. The smallest absolute Gasteiger partial charge is 0.260 e. The van der Waals surface area contributed by atoms with E-state index < -0.39 is 0 Å². The molecule has 1 amide bonds. The van der Waals surface area contributed by atoms with Crippen molar-refractivity contribution in [2.45, 2.75) is 25.8 Å². The predicted octanol–water partition coefficient (Wildman–Crippen LogP) is 0.704. The molecule has 0 saturated carbocycles. The third kappa shape index (κ3) is 2.82. The Kier molecular flexibility index (Phi) is 4.10. The highest BCUT2D eigenvalue weighted by Gasteiger charge is 2.25. The van der Waals surface area contributed by atoms with Gasteiger partial charge in [-0.05, 0) is 19.8 Å². The van der Waals surface area contributed by atoms with E-state index in [1.807, 2.05) is 5.01 Å². The fraction of sp³-hybridized carbons (Fsp3) is 0.700. The van der Waals surface area contributed by atoms with Crippen LogP contribution in [0.4, 0.5) is 0 Å². The first-order chi connectivity index (χ1) is 6.65. The minimum Gasteiger partial charge on any atom is -0.383 e. The average Bonchev–Trinajstić information content (AvgIpc) is 2.53. The molecule has 0 spiro atoms. The summed E-state index contributed by atoms with van der Waals surface area (Å²) in [7, 11) is 1.68. The highest BCUT2D eigenvalue weighted by molar-refractivity contribution is 5.91. The molecule has 0 aromatic carbocycles. The molecule has 4 nitrogen and oxygen atoms in total. The Hall–Kier alpha value is -0.870. The number of amides is 1. The van der Waals surface area contributed by atoms with Crippen molar-refractivity contribution >= 4 is 5.91 Å². The molecule has 1 N–H and O–H groups in total. The minimum absolute atomic E-state index is 0.104. The average molecular weight is 198 g/mol. The zero-order valence-corrected chi connectivity index (χ0v) is 8.88. The summed E-state index contributed by atoms with van der Waals surface area (Å²) in [5.74, 6) is -0.104. The Morgan fingerprint density at radius 2 is 2.43 bits per heavy atom. The number of nitrogens with one attached hydrogen (secondary N) is 1. The van der Waals surface area contributed by atoms with Crippen LogP contribution in [0.15, 0.2) is 12.2 Å². The van der Waals surface area contributed by atoms with E-state index in [0.29, 0.717) is 18.2 Å². The summed E-state index contributed by atoms with van der Waals surface area (Å²) >= 11 is 0. The summed E-state index contributed by atoms with van der Waals surface area (Å²) in [6.45, 7) is 6.86. The van der Waals surface area contributed by atoms with Gasteiger partial charge >= 0.3 is 0 Å². The van der Waals surface area contributed by atoms with E-state index in [1.54, 1.807) is 14.0 Å². The molecule has 1 saturated heterocycles. The van der Waals surface area contributed by atoms with Gasteiger partial charge in [-0.15, -0.1) is 0 Å². The van der Waals surface area contributed by atoms with Crippen molar-refractivity contribution in [3.8, 4) is 0 Å². The maximum absolute atomic E-state index is 11.4. The van der Waals surface area contributed by atoms with Crippen LogP contribution in [0.5, 0.6) is 0 Å². The molecule has 1 rings (SSSR count). The van der Waals surface area contributed by atoms with Crippen molar-refractivity contribution in [2.75, 3.05) is 20.3 Å². The first-order valence-corrected chi connectivity index (χ1v) is 4.87. The standard InChI is InChI=1S/C10H18N2O2/c1-8(2)10(13)11-12-6-4-5-9(12)7-14-3/h9H,1,4-7H2,2-3H3,(H,11,13). The van der Waals surface area contributed by atoms with Crippen LogP contribution in [0.25, 0.3) is 0 Å². The van der Waals surface area contributed by atoms with E-state index in [9.17, 15) is 4.79 Å². The Bertz CT molecular complexity index is 228. The van der Waals surface area contributed by atoms with Crippen LogP contribution in [0.3, 0.4) is 0 Å². The zero-order chi connectivity index (χ0) is 10.6. The van der Waals surface area contributed by atoms with Crippen LogP contribution in [0.2, 0.25) is 0 Å². The van der Waals surface area contributed by atoms with Gasteiger partial charge in [0.2, 0.25) is 0 Å². The van der Waals surface area contributed by atoms with Crippen molar-refractivity contribution in [2.24, 2.45) is 0 Å². The molecule has 1 fully saturated rings. The molecule has 0 radical (unpaired) electrons. The highest BCUT2D eigenvalue weighted by Crippen LogP contribution is 2.14. The maximum Gasteiger partial charge on any atom is 0.260 e. The number of hydrogen-bond acceptors (Lipinski definition) is 3. The molecule has 1 atom stereocenters. The summed E-state index contributed by atoms with van der Waals surface area (Å²) in [6.07, 6.45) is 2.18. The van der Waals surface area contributed by atoms with Crippen LogP contribution < -0.4 is 5.43 Å². The summed E-state index contributed by atoms with van der Waals surface area (Å²) in [4.78, 5) is 11.4. The lowest BCUT2D eigenvalue weighted by molar-refractivity contribution is -0.122. The Morgan fingerprint density at radius 1 is 1.71 bits per heavy atom. The number of ether oxygens (including phenoxy) is 1. The summed E-state index contributed by atoms with van der Waals surface area (Å²) < 4.78 is 5.08. The largest absolute Gasteiger partial charge is 0.383 e. The second-order valence-electron chi connectivity index (χ2n) is 3.67. The molecule has 4 heteroatoms. The molecular weight excluding hydrogens is 180 g/mol. The lowest BCUT2D eigenvalue weighted by Gasteiger charge is -2.24. The van der Waals surface area contributed by atoms with Gasteiger partial charge in [-0.3, -0.25) is 10.2 Å². The Labute approximate surface area is 84.9 Å². The SMILES string of the molecule is C=C(C)C(=O)NN1CCCC1COC. The first-order valence-electron chi connectivity index (χ1n) is 4.87. The third-order valence-corrected chi connectivity index (χ3v) is 2.37. The Morgan fingerprint density at radius 3 is 3.00 bits per heavy atom. The first kappa shape index (κ1) is 11.2. The number of hydrogen-bond donors (Lipinski definition) is 1. The number of nitrogens with zero attached hydrogens (tertiary/aromatic N) is 1. The van der Waals surface area contributed by atoms with Crippen LogP contribution >= 0.6 is 0 Å². The van der Waals surface area contributed by atoms with Gasteiger partial charge in [0.05, 0.1) is 12.6 Å². The van der Waals surface area contributed by atoms with Crippen LogP contribution in [-0.4, -0.2) is 37.2 Å². The number of carbonyl (C=O) groups is 1. The monoisotopic (exact) mass is 198 g/mol. The van der Waals surface area contributed by atoms with E-state index in [0.717, 1.165) is 19.4 Å². The van der Waals surface area contributed by atoms with Crippen LogP contribution in [0.1, 0.15) is 19.8 Å². The molecule has 14 heavy (non-hydrogen) atoms. The van der Waals surface area contributed by atoms with Gasteiger partial charge in [0.15, 0.2) is 0 Å². The summed E-state index contributed by atoms with van der Waals surface area (Å²) in [5, 5.41) is 1.94. The Balaban J connectivity index is 2.42. The number of rotatable bonds is 4. The van der Waals surface area contributed by atoms with Crippen LogP contribution in [0, 0.1) is 0 Å². The normalized spacial score (nSPS) is 22.3. The molecule has 1 aliphatic heterocycles. The molecule has 0 aromatic rings. The predicted molar refractivity (Wildman–Crippen MR) is 54.6 cm³/mol. The third-order valence-electron chi connectivity index (χ3n) is 2.37. The number of hydrazine groups is 1. The van der Waals surface area contributed by atoms with Gasteiger partial charge in [-0.2, -0.15) is 0 Å². The molecule has 0 aromatic heterocycles. The van der Waals surface area contributed by atoms with Gasteiger partial charge in [0, 0.05) is 19.2 Å². The molecule has 0 bridgehead atoms. The van der Waals surface area contributed by atoms with Gasteiger partial charge in [-0.1, -0.05) is 6.58 Å². The van der Waals surface area contributed by atoms with Gasteiger partial charge in [0.25, 0.3) is 5.91 Å². The van der Waals surface area contributed by atoms with Crippen molar-refractivity contribution in [1.29, 1.82) is 0 Å². The van der Waals surface area contributed by atoms with Gasteiger partial charge in [-0.25, -0.2) is 5.01 Å². The molecule has 1 unspecified atom stereocenters. The minimum atomic E-state index is -0.104. The van der Waals surface area contributed by atoms with Crippen molar-refractivity contribution in [1.82, 2.24) is 10.4 Å². The topological polar surface area (TPSA) is 41.6 Å². The van der Waals surface area contributed by atoms with Crippen molar-refractivity contribution in [3.05, 3.63) is 12.2 Å². The molecule has 1 aliphatic rings. The molecule has 1 heterocycles.